The summed E-state index contributed by atoms with van der Waals surface area (Å²) in [5.74, 6) is -0.0915. The Hall–Kier alpha value is -2.57. The second-order valence-electron chi connectivity index (χ2n) is 6.27. The summed E-state index contributed by atoms with van der Waals surface area (Å²) >= 11 is 0. The third-order valence-electron chi connectivity index (χ3n) is 4.28. The van der Waals surface area contributed by atoms with Crippen molar-refractivity contribution in [2.45, 2.75) is 25.8 Å². The molecular formula is C21H27ClN2O4. The van der Waals surface area contributed by atoms with Crippen LogP contribution in [0.1, 0.15) is 31.4 Å². The van der Waals surface area contributed by atoms with Gasteiger partial charge in [-0.15, -0.1) is 12.4 Å². The first-order valence-electron chi connectivity index (χ1n) is 8.92. The molecule has 0 bridgehead atoms. The first kappa shape index (κ1) is 23.5. The Balaban J connectivity index is 0.00000392. The standard InChI is InChI=1S/C21H26N2O4.ClH/c1-15(20(22)16-7-4-3-5-8-16)21(25)23-17-10-12-18(13-11-17)27-14-6-9-19(24)26-2;/h3-5,7-8,10-13,15,20H,6,9,14,22H2,1-2H3,(H,23,25);1H. The highest BCUT2D eigenvalue weighted by molar-refractivity contribution is 5.92. The lowest BCUT2D eigenvalue weighted by Gasteiger charge is -2.20. The molecule has 0 fully saturated rings. The number of nitrogens with two attached hydrogens (primary N) is 1. The van der Waals surface area contributed by atoms with Crippen LogP contribution in [0.25, 0.3) is 0 Å². The van der Waals surface area contributed by atoms with Crippen LogP contribution in [0.2, 0.25) is 0 Å². The summed E-state index contributed by atoms with van der Waals surface area (Å²) in [7, 11) is 1.36. The predicted molar refractivity (Wildman–Crippen MR) is 112 cm³/mol. The summed E-state index contributed by atoms with van der Waals surface area (Å²) in [6, 6.07) is 16.3. The second kappa shape index (κ2) is 12.0. The lowest BCUT2D eigenvalue weighted by molar-refractivity contribution is -0.140. The van der Waals surface area contributed by atoms with E-state index in [1.807, 2.05) is 37.3 Å². The highest BCUT2D eigenvalue weighted by Gasteiger charge is 2.22. The van der Waals surface area contributed by atoms with E-state index in [9.17, 15) is 9.59 Å². The van der Waals surface area contributed by atoms with E-state index in [4.69, 9.17) is 10.5 Å². The number of benzene rings is 2. The van der Waals surface area contributed by atoms with Gasteiger partial charge in [-0.05, 0) is 36.2 Å². The Kier molecular flexibility index (Phi) is 10.1. The summed E-state index contributed by atoms with van der Waals surface area (Å²) in [6.45, 7) is 2.23. The molecule has 152 valence electrons. The number of halogens is 1. The fourth-order valence-electron chi connectivity index (χ4n) is 2.53. The van der Waals surface area contributed by atoms with Crippen molar-refractivity contribution in [1.29, 1.82) is 0 Å². The number of rotatable bonds is 9. The molecule has 0 radical (unpaired) electrons. The number of carbonyl (C=O) groups excluding carboxylic acids is 2. The number of hydrogen-bond donors (Lipinski definition) is 2. The van der Waals surface area contributed by atoms with Gasteiger partial charge in [0.25, 0.3) is 0 Å². The van der Waals surface area contributed by atoms with Crippen molar-refractivity contribution in [3.05, 3.63) is 60.2 Å². The molecule has 2 atom stereocenters. The van der Waals surface area contributed by atoms with Crippen molar-refractivity contribution in [1.82, 2.24) is 0 Å². The molecule has 1 amide bonds. The van der Waals surface area contributed by atoms with Gasteiger partial charge in [0.05, 0.1) is 19.6 Å². The van der Waals surface area contributed by atoms with E-state index < -0.39 is 0 Å². The second-order valence-corrected chi connectivity index (χ2v) is 6.27. The molecule has 0 saturated heterocycles. The lowest BCUT2D eigenvalue weighted by Crippen LogP contribution is -2.30. The molecule has 6 nitrogen and oxygen atoms in total. The molecule has 7 heteroatoms. The van der Waals surface area contributed by atoms with Crippen LogP contribution >= 0.6 is 12.4 Å². The van der Waals surface area contributed by atoms with Gasteiger partial charge in [0.15, 0.2) is 0 Å². The summed E-state index contributed by atoms with van der Waals surface area (Å²) in [5.41, 5.74) is 7.80. The fourth-order valence-corrected chi connectivity index (χ4v) is 2.53. The van der Waals surface area contributed by atoms with E-state index in [-0.39, 0.29) is 36.2 Å². The molecule has 28 heavy (non-hydrogen) atoms. The zero-order chi connectivity index (χ0) is 19.6. The largest absolute Gasteiger partial charge is 0.494 e. The summed E-state index contributed by atoms with van der Waals surface area (Å²) in [4.78, 5) is 23.5. The Morgan fingerprint density at radius 1 is 1.07 bits per heavy atom. The maximum atomic E-state index is 12.4. The zero-order valence-corrected chi connectivity index (χ0v) is 16.9. The van der Waals surface area contributed by atoms with Crippen molar-refractivity contribution in [3.63, 3.8) is 0 Å². The molecule has 0 aromatic heterocycles. The Bertz CT molecular complexity index is 738. The van der Waals surface area contributed by atoms with E-state index in [2.05, 4.69) is 10.1 Å². The van der Waals surface area contributed by atoms with E-state index in [1.54, 1.807) is 24.3 Å². The number of methoxy groups -OCH3 is 1. The number of esters is 1. The fraction of sp³-hybridized carbons (Fsp3) is 0.333. The lowest BCUT2D eigenvalue weighted by atomic mass is 9.94. The van der Waals surface area contributed by atoms with Crippen molar-refractivity contribution in [2.24, 2.45) is 11.7 Å². The first-order valence-corrected chi connectivity index (χ1v) is 8.92. The van der Waals surface area contributed by atoms with Gasteiger partial charge in [0, 0.05) is 18.2 Å². The highest BCUT2D eigenvalue weighted by Crippen LogP contribution is 2.22. The number of hydrogen-bond acceptors (Lipinski definition) is 5. The quantitative estimate of drug-likeness (QED) is 0.489. The molecule has 0 aliphatic carbocycles. The molecule has 0 aliphatic heterocycles. The van der Waals surface area contributed by atoms with Gasteiger partial charge in [-0.1, -0.05) is 37.3 Å². The molecule has 0 spiro atoms. The van der Waals surface area contributed by atoms with Crippen LogP contribution in [-0.2, 0) is 14.3 Å². The molecule has 2 aromatic carbocycles. The normalized spacial score (nSPS) is 12.2. The van der Waals surface area contributed by atoms with Crippen molar-refractivity contribution in [3.8, 4) is 5.75 Å². The van der Waals surface area contributed by atoms with Gasteiger partial charge in [-0.2, -0.15) is 0 Å². The Morgan fingerprint density at radius 3 is 2.32 bits per heavy atom. The van der Waals surface area contributed by atoms with E-state index in [1.165, 1.54) is 7.11 Å². The van der Waals surface area contributed by atoms with Crippen LogP contribution in [0.15, 0.2) is 54.6 Å². The van der Waals surface area contributed by atoms with Crippen LogP contribution in [-0.4, -0.2) is 25.6 Å². The van der Waals surface area contributed by atoms with Crippen LogP contribution in [0.5, 0.6) is 5.75 Å². The molecule has 2 rings (SSSR count). The van der Waals surface area contributed by atoms with Gasteiger partial charge < -0.3 is 20.5 Å². The molecular weight excluding hydrogens is 380 g/mol. The third-order valence-corrected chi connectivity index (χ3v) is 4.28. The minimum atomic E-state index is -0.373. The van der Waals surface area contributed by atoms with Gasteiger partial charge in [-0.25, -0.2) is 0 Å². The SMILES string of the molecule is COC(=O)CCCOc1ccc(NC(=O)C(C)C(N)c2ccccc2)cc1.Cl. The first-order chi connectivity index (χ1) is 13.0. The van der Waals surface area contributed by atoms with Crippen LogP contribution in [0.4, 0.5) is 5.69 Å². The van der Waals surface area contributed by atoms with Crippen molar-refractivity contribution in [2.75, 3.05) is 19.0 Å². The van der Waals surface area contributed by atoms with Gasteiger partial charge in [0.2, 0.25) is 5.91 Å². The zero-order valence-electron chi connectivity index (χ0n) is 16.1. The molecule has 0 aliphatic rings. The van der Waals surface area contributed by atoms with Crippen LogP contribution in [0, 0.1) is 5.92 Å². The molecule has 2 aromatic rings. The molecule has 0 saturated carbocycles. The van der Waals surface area contributed by atoms with Gasteiger partial charge in [-0.3, -0.25) is 9.59 Å². The van der Waals surface area contributed by atoms with Gasteiger partial charge >= 0.3 is 5.97 Å². The number of nitrogens with one attached hydrogen (secondary N) is 1. The van der Waals surface area contributed by atoms with Crippen LogP contribution in [0.3, 0.4) is 0 Å². The number of amides is 1. The highest BCUT2D eigenvalue weighted by atomic mass is 35.5. The summed E-state index contributed by atoms with van der Waals surface area (Å²) < 4.78 is 10.1. The smallest absolute Gasteiger partial charge is 0.305 e. The topological polar surface area (TPSA) is 90.6 Å². The van der Waals surface area contributed by atoms with Crippen molar-refractivity contribution >= 4 is 30.0 Å². The number of carbonyl (C=O) groups is 2. The minimum Gasteiger partial charge on any atom is -0.494 e. The Morgan fingerprint density at radius 2 is 1.71 bits per heavy atom. The maximum absolute atomic E-state index is 12.4. The monoisotopic (exact) mass is 406 g/mol. The summed E-state index contributed by atoms with van der Waals surface area (Å²) in [6.07, 6.45) is 0.907. The predicted octanol–water partition coefficient (Wildman–Crippen LogP) is 3.72. The molecule has 0 heterocycles. The number of ether oxygens (including phenoxy) is 2. The average Bonchev–Trinajstić information content (AvgIpc) is 2.71. The maximum Gasteiger partial charge on any atom is 0.305 e. The minimum absolute atomic E-state index is 0. The average molecular weight is 407 g/mol. The van der Waals surface area contributed by atoms with Crippen LogP contribution < -0.4 is 15.8 Å². The van der Waals surface area contributed by atoms with E-state index >= 15 is 0 Å². The summed E-state index contributed by atoms with van der Waals surface area (Å²) in [5, 5.41) is 2.87. The van der Waals surface area contributed by atoms with E-state index in [0.717, 1.165) is 5.56 Å². The number of anilines is 1. The molecule has 2 unspecified atom stereocenters. The third kappa shape index (κ3) is 7.21. The van der Waals surface area contributed by atoms with Crippen molar-refractivity contribution < 1.29 is 19.1 Å². The Labute approximate surface area is 171 Å². The van der Waals surface area contributed by atoms with E-state index in [0.29, 0.717) is 30.9 Å². The van der Waals surface area contributed by atoms with Gasteiger partial charge in [0.1, 0.15) is 5.75 Å². The molecule has 3 N–H and O–H groups in total.